The summed E-state index contributed by atoms with van der Waals surface area (Å²) in [5, 5.41) is 1.04. The number of rotatable bonds is 2. The van der Waals surface area contributed by atoms with Gasteiger partial charge in [-0.1, -0.05) is 6.07 Å². The fraction of sp³-hybridized carbons (Fsp3) is 0.0714. The maximum Gasteiger partial charge on any atom is 0.250 e. The second-order valence-corrected chi connectivity index (χ2v) is 5.48. The third-order valence-corrected chi connectivity index (χ3v) is 3.80. The second kappa shape index (κ2) is 4.44. The van der Waals surface area contributed by atoms with Crippen LogP contribution in [0.1, 0.15) is 15.4 Å². The highest BCUT2D eigenvalue weighted by molar-refractivity contribution is 7.18. The molecule has 3 rings (SSSR count). The van der Waals surface area contributed by atoms with Crippen LogP contribution < -0.4 is 5.73 Å². The van der Waals surface area contributed by atoms with Gasteiger partial charge in [0.05, 0.1) is 20.8 Å². The molecule has 94 valence electrons. The number of hydrogen-bond donors (Lipinski definition) is 1. The Bertz CT molecular complexity index is 779. The molecule has 0 aliphatic heterocycles. The molecule has 0 saturated heterocycles. The number of aryl methyl sites for hydroxylation is 1. The average Bonchev–Trinajstić information content (AvgIpc) is 2.77. The van der Waals surface area contributed by atoms with Crippen LogP contribution in [0.4, 0.5) is 0 Å². The van der Waals surface area contributed by atoms with Crippen LogP contribution in [0.25, 0.3) is 21.3 Å². The van der Waals surface area contributed by atoms with Gasteiger partial charge in [0.2, 0.25) is 5.91 Å². The summed E-state index contributed by atoms with van der Waals surface area (Å²) in [6.07, 6.45) is 3.18. The van der Waals surface area contributed by atoms with Crippen molar-refractivity contribution in [3.05, 3.63) is 47.2 Å². The Morgan fingerprint density at radius 2 is 2.05 bits per heavy atom. The Morgan fingerprint density at radius 3 is 2.84 bits per heavy atom. The monoisotopic (exact) mass is 269 g/mol. The maximum atomic E-state index is 11.2. The number of pyridine rings is 1. The molecule has 19 heavy (non-hydrogen) atoms. The van der Waals surface area contributed by atoms with Crippen LogP contribution in [-0.2, 0) is 0 Å². The zero-order chi connectivity index (χ0) is 13.4. The van der Waals surface area contributed by atoms with Crippen molar-refractivity contribution in [3.8, 4) is 11.1 Å². The molecule has 0 radical (unpaired) electrons. The van der Waals surface area contributed by atoms with Crippen LogP contribution in [0.2, 0.25) is 0 Å². The number of hydrogen-bond acceptors (Lipinski definition) is 4. The number of benzene rings is 1. The van der Waals surface area contributed by atoms with Crippen LogP contribution in [0.5, 0.6) is 0 Å². The van der Waals surface area contributed by atoms with E-state index >= 15 is 0 Å². The van der Waals surface area contributed by atoms with E-state index in [1.165, 1.54) is 6.20 Å². The molecule has 0 spiro atoms. The van der Waals surface area contributed by atoms with Gasteiger partial charge in [-0.05, 0) is 30.7 Å². The lowest BCUT2D eigenvalue weighted by Gasteiger charge is -2.02. The Morgan fingerprint density at radius 1 is 1.21 bits per heavy atom. The van der Waals surface area contributed by atoms with Gasteiger partial charge in [0.15, 0.2) is 0 Å². The van der Waals surface area contributed by atoms with Crippen molar-refractivity contribution in [2.75, 3.05) is 0 Å². The van der Waals surface area contributed by atoms with E-state index in [1.807, 2.05) is 25.1 Å². The number of nitrogens with two attached hydrogens (primary N) is 1. The number of thiazole rings is 1. The summed E-state index contributed by atoms with van der Waals surface area (Å²) in [5.41, 5.74) is 8.48. The molecule has 0 saturated carbocycles. The predicted molar refractivity (Wildman–Crippen MR) is 76.1 cm³/mol. The third-order valence-electron chi connectivity index (χ3n) is 2.85. The van der Waals surface area contributed by atoms with Crippen molar-refractivity contribution in [3.63, 3.8) is 0 Å². The largest absolute Gasteiger partial charge is 0.366 e. The van der Waals surface area contributed by atoms with Crippen LogP contribution in [-0.4, -0.2) is 15.9 Å². The lowest BCUT2D eigenvalue weighted by molar-refractivity contribution is 0.1000. The molecule has 0 fully saturated rings. The molecule has 3 aromatic rings. The molecular weight excluding hydrogens is 258 g/mol. The molecule has 2 heterocycles. The molecule has 2 aromatic heterocycles. The van der Waals surface area contributed by atoms with Crippen LogP contribution in [0, 0.1) is 6.92 Å². The standard InChI is InChI=1S/C14H11N3OS/c1-8-17-12-5-9(2-3-13(12)19-8)10-4-11(14(15)18)7-16-6-10/h2-7H,1H3,(H2,15,18). The molecule has 0 bridgehead atoms. The Kier molecular flexibility index (Phi) is 2.76. The molecule has 2 N–H and O–H groups in total. The second-order valence-electron chi connectivity index (χ2n) is 4.24. The molecule has 4 nitrogen and oxygen atoms in total. The van der Waals surface area contributed by atoms with Crippen LogP contribution >= 0.6 is 11.3 Å². The van der Waals surface area contributed by atoms with E-state index in [4.69, 9.17) is 5.73 Å². The minimum atomic E-state index is -0.472. The summed E-state index contributed by atoms with van der Waals surface area (Å²) in [7, 11) is 0. The van der Waals surface area contributed by atoms with E-state index in [0.717, 1.165) is 26.4 Å². The fourth-order valence-electron chi connectivity index (χ4n) is 1.95. The fourth-order valence-corrected chi connectivity index (χ4v) is 2.76. The lowest BCUT2D eigenvalue weighted by Crippen LogP contribution is -2.11. The van der Waals surface area contributed by atoms with E-state index in [2.05, 4.69) is 9.97 Å². The van der Waals surface area contributed by atoms with Crippen LogP contribution in [0.15, 0.2) is 36.7 Å². The predicted octanol–water partition coefficient (Wildman–Crippen LogP) is 2.77. The van der Waals surface area contributed by atoms with Gasteiger partial charge < -0.3 is 5.73 Å². The summed E-state index contributed by atoms with van der Waals surface area (Å²) >= 11 is 1.66. The highest BCUT2D eigenvalue weighted by atomic mass is 32.1. The summed E-state index contributed by atoms with van der Waals surface area (Å²) in [6, 6.07) is 7.78. The van der Waals surface area contributed by atoms with Gasteiger partial charge >= 0.3 is 0 Å². The topological polar surface area (TPSA) is 68.9 Å². The normalized spacial score (nSPS) is 10.8. The van der Waals surface area contributed by atoms with Crippen molar-refractivity contribution in [2.45, 2.75) is 6.92 Å². The molecular formula is C14H11N3OS. The van der Waals surface area contributed by atoms with Gasteiger partial charge in [-0.25, -0.2) is 4.98 Å². The Labute approximate surface area is 113 Å². The van der Waals surface area contributed by atoms with Crippen molar-refractivity contribution in [2.24, 2.45) is 5.73 Å². The highest BCUT2D eigenvalue weighted by Crippen LogP contribution is 2.27. The minimum Gasteiger partial charge on any atom is -0.366 e. The summed E-state index contributed by atoms with van der Waals surface area (Å²) in [5.74, 6) is -0.472. The molecule has 0 aliphatic carbocycles. The quantitative estimate of drug-likeness (QED) is 0.777. The number of aromatic nitrogens is 2. The Hall–Kier alpha value is -2.27. The van der Waals surface area contributed by atoms with Gasteiger partial charge in [0.1, 0.15) is 0 Å². The first kappa shape index (κ1) is 11.8. The number of carbonyl (C=O) groups is 1. The molecule has 1 aromatic carbocycles. The van der Waals surface area contributed by atoms with Crippen molar-refractivity contribution >= 4 is 27.5 Å². The van der Waals surface area contributed by atoms with Crippen molar-refractivity contribution in [1.82, 2.24) is 9.97 Å². The minimum absolute atomic E-state index is 0.409. The Balaban J connectivity index is 2.12. The lowest BCUT2D eigenvalue weighted by atomic mass is 10.1. The number of primary amides is 1. The first-order chi connectivity index (χ1) is 9.13. The number of carbonyl (C=O) groups excluding carboxylic acids is 1. The zero-order valence-electron chi connectivity index (χ0n) is 10.3. The third kappa shape index (κ3) is 2.20. The first-order valence-electron chi connectivity index (χ1n) is 5.76. The van der Waals surface area contributed by atoms with Crippen LogP contribution in [0.3, 0.4) is 0 Å². The van der Waals surface area contributed by atoms with E-state index in [0.29, 0.717) is 5.56 Å². The average molecular weight is 269 g/mol. The summed E-state index contributed by atoms with van der Waals surface area (Å²) < 4.78 is 1.15. The molecule has 0 unspecified atom stereocenters. The van der Waals surface area contributed by atoms with E-state index < -0.39 is 5.91 Å². The van der Waals surface area contributed by atoms with Gasteiger partial charge in [0, 0.05) is 18.0 Å². The molecule has 0 aliphatic rings. The summed E-state index contributed by atoms with van der Waals surface area (Å²) in [4.78, 5) is 19.7. The number of fused-ring (bicyclic) bond motifs is 1. The van der Waals surface area contributed by atoms with Gasteiger partial charge in [-0.3, -0.25) is 9.78 Å². The number of nitrogens with zero attached hydrogens (tertiary/aromatic N) is 2. The molecule has 0 atom stereocenters. The van der Waals surface area contributed by atoms with Gasteiger partial charge in [-0.2, -0.15) is 0 Å². The highest BCUT2D eigenvalue weighted by Gasteiger charge is 2.06. The molecule has 1 amide bonds. The molecule has 5 heteroatoms. The van der Waals surface area contributed by atoms with Crippen molar-refractivity contribution < 1.29 is 4.79 Å². The summed E-state index contributed by atoms with van der Waals surface area (Å²) in [6.45, 7) is 1.99. The smallest absolute Gasteiger partial charge is 0.250 e. The van der Waals surface area contributed by atoms with Crippen molar-refractivity contribution in [1.29, 1.82) is 0 Å². The van der Waals surface area contributed by atoms with Gasteiger partial charge in [0.25, 0.3) is 0 Å². The first-order valence-corrected chi connectivity index (χ1v) is 6.57. The van der Waals surface area contributed by atoms with E-state index in [9.17, 15) is 4.79 Å². The number of amides is 1. The zero-order valence-corrected chi connectivity index (χ0v) is 11.1. The van der Waals surface area contributed by atoms with Gasteiger partial charge in [-0.15, -0.1) is 11.3 Å². The maximum absolute atomic E-state index is 11.2. The van der Waals surface area contributed by atoms with E-state index in [-0.39, 0.29) is 0 Å². The van der Waals surface area contributed by atoms with E-state index in [1.54, 1.807) is 23.6 Å². The SMILES string of the molecule is Cc1nc2cc(-c3cncc(C(N)=O)c3)ccc2s1.